The Morgan fingerprint density at radius 3 is 2.55 bits per heavy atom. The number of rotatable bonds is 5. The molecule has 3 rings (SSSR count). The van der Waals surface area contributed by atoms with E-state index in [-0.39, 0.29) is 5.82 Å². The maximum absolute atomic E-state index is 13.0. The van der Waals surface area contributed by atoms with Crippen LogP contribution in [-0.2, 0) is 6.54 Å². The van der Waals surface area contributed by atoms with Crippen molar-refractivity contribution < 1.29 is 4.39 Å². The second-order valence-corrected chi connectivity index (χ2v) is 6.44. The molecule has 0 unspecified atom stereocenters. The van der Waals surface area contributed by atoms with Gasteiger partial charge in [-0.2, -0.15) is 0 Å². The van der Waals surface area contributed by atoms with Crippen LogP contribution in [-0.4, -0.2) is 28.1 Å². The lowest BCUT2D eigenvalue weighted by atomic mass is 10.1. The third-order valence-electron chi connectivity index (χ3n) is 3.83. The van der Waals surface area contributed by atoms with E-state index >= 15 is 0 Å². The van der Waals surface area contributed by atoms with Crippen molar-refractivity contribution in [2.75, 3.05) is 12.4 Å². The van der Waals surface area contributed by atoms with Crippen LogP contribution in [0.4, 0.5) is 10.2 Å². The Balaban J connectivity index is 0.000000941. The first-order valence-electron chi connectivity index (χ1n) is 9.70. The molecule has 152 valence electrons. The summed E-state index contributed by atoms with van der Waals surface area (Å²) in [7, 11) is 1.95. The van der Waals surface area contributed by atoms with Crippen LogP contribution in [0.25, 0.3) is 5.57 Å². The molecule has 6 heteroatoms. The van der Waals surface area contributed by atoms with E-state index < -0.39 is 0 Å². The van der Waals surface area contributed by atoms with Crippen molar-refractivity contribution in [1.82, 2.24) is 14.9 Å². The Morgan fingerprint density at radius 1 is 1.17 bits per heavy atom. The molecule has 1 N–H and O–H groups in total. The van der Waals surface area contributed by atoms with Crippen LogP contribution in [0, 0.1) is 5.82 Å². The van der Waals surface area contributed by atoms with Crippen LogP contribution < -0.4 is 5.32 Å². The Hall–Kier alpha value is -3.28. The molecule has 1 aliphatic rings. The van der Waals surface area contributed by atoms with E-state index in [2.05, 4.69) is 34.1 Å². The van der Waals surface area contributed by atoms with Gasteiger partial charge in [-0.25, -0.2) is 19.4 Å². The molecule has 0 atom stereocenters. The van der Waals surface area contributed by atoms with Crippen molar-refractivity contribution in [3.05, 3.63) is 84.0 Å². The number of hydrogen-bond acceptors (Lipinski definition) is 5. The normalized spacial score (nSPS) is 14.6. The molecule has 0 bridgehead atoms. The molecular formula is C23H28FN5. The number of nitrogens with zero attached hydrogens (tertiary/aromatic N) is 4. The molecule has 2 heterocycles. The van der Waals surface area contributed by atoms with E-state index in [9.17, 15) is 4.39 Å². The molecule has 0 spiro atoms. The summed E-state index contributed by atoms with van der Waals surface area (Å²) in [5.41, 5.74) is 2.65. The van der Waals surface area contributed by atoms with Gasteiger partial charge in [0.05, 0.1) is 5.69 Å². The number of hydrogen-bond donors (Lipinski definition) is 1. The average molecular weight is 394 g/mol. The van der Waals surface area contributed by atoms with Gasteiger partial charge in [0.25, 0.3) is 0 Å². The maximum atomic E-state index is 13.0. The van der Waals surface area contributed by atoms with Gasteiger partial charge in [0.1, 0.15) is 23.8 Å². The van der Waals surface area contributed by atoms with Gasteiger partial charge < -0.3 is 10.2 Å². The third-order valence-corrected chi connectivity index (χ3v) is 3.83. The van der Waals surface area contributed by atoms with Crippen LogP contribution >= 0.6 is 0 Å². The standard InChI is InChI=1S/C20H20FN5.C3H8/c1-3-5-17(20-22-10-4-11-26(20)2)18-12-19(25-14-24-18)23-13-15-6-8-16(21)9-7-15;1-3-2/h3-12,14H,13H2,1-2H3,(H,23,24,25);3H2,1-2H3/b5-3+,20-17+;. The van der Waals surface area contributed by atoms with Gasteiger partial charge in [-0.3, -0.25) is 0 Å². The molecule has 0 aliphatic carbocycles. The number of allylic oxidation sites excluding steroid dienone is 4. The second kappa shape index (κ2) is 11.5. The predicted octanol–water partition coefficient (Wildman–Crippen LogP) is 5.42. The lowest BCUT2D eigenvalue weighted by Crippen LogP contribution is -2.14. The molecule has 2 aromatic rings. The number of benzene rings is 1. The Morgan fingerprint density at radius 2 is 1.90 bits per heavy atom. The molecule has 0 amide bonds. The highest BCUT2D eigenvalue weighted by Gasteiger charge is 2.13. The lowest BCUT2D eigenvalue weighted by Gasteiger charge is -2.20. The van der Waals surface area contributed by atoms with E-state index in [0.717, 1.165) is 22.7 Å². The summed E-state index contributed by atoms with van der Waals surface area (Å²) in [5.74, 6) is 1.26. The van der Waals surface area contributed by atoms with Crippen LogP contribution in [0.1, 0.15) is 38.4 Å². The van der Waals surface area contributed by atoms with Crippen molar-refractivity contribution in [2.24, 2.45) is 4.99 Å². The summed E-state index contributed by atoms with van der Waals surface area (Å²) in [6.45, 7) is 6.75. The fourth-order valence-electron chi connectivity index (χ4n) is 2.54. The highest BCUT2D eigenvalue weighted by molar-refractivity contribution is 5.80. The Bertz CT molecular complexity index is 898. The van der Waals surface area contributed by atoms with Gasteiger partial charge in [0.2, 0.25) is 0 Å². The SMILES string of the molecule is C/C=C/C(=C1/N=CC=CN1C)c1cc(NCc2ccc(F)cc2)ncn1.CCC. The summed E-state index contributed by atoms with van der Waals surface area (Å²) in [6, 6.07) is 8.27. The van der Waals surface area contributed by atoms with E-state index in [4.69, 9.17) is 0 Å². The van der Waals surface area contributed by atoms with E-state index in [1.165, 1.54) is 24.9 Å². The van der Waals surface area contributed by atoms with Crippen LogP contribution in [0.15, 0.2) is 71.9 Å². The van der Waals surface area contributed by atoms with E-state index in [0.29, 0.717) is 12.4 Å². The van der Waals surface area contributed by atoms with Gasteiger partial charge in [-0.1, -0.05) is 44.6 Å². The first-order valence-corrected chi connectivity index (χ1v) is 9.70. The summed E-state index contributed by atoms with van der Waals surface area (Å²) in [4.78, 5) is 15.1. The molecule has 5 nitrogen and oxygen atoms in total. The molecule has 29 heavy (non-hydrogen) atoms. The molecule has 0 saturated carbocycles. The average Bonchev–Trinajstić information content (AvgIpc) is 2.73. The number of aliphatic imine (C=N–C) groups is 1. The highest BCUT2D eigenvalue weighted by atomic mass is 19.1. The molecule has 1 aliphatic heterocycles. The first-order chi connectivity index (χ1) is 14.1. The summed E-state index contributed by atoms with van der Waals surface area (Å²) in [5, 5.41) is 3.25. The molecular weight excluding hydrogens is 365 g/mol. The van der Waals surface area contributed by atoms with E-state index in [1.54, 1.807) is 18.3 Å². The summed E-state index contributed by atoms with van der Waals surface area (Å²) >= 11 is 0. The van der Waals surface area contributed by atoms with Gasteiger partial charge in [-0.05, 0) is 30.7 Å². The van der Waals surface area contributed by atoms with Gasteiger partial charge in [-0.15, -0.1) is 0 Å². The largest absolute Gasteiger partial charge is 0.366 e. The maximum Gasteiger partial charge on any atom is 0.141 e. The minimum Gasteiger partial charge on any atom is -0.366 e. The van der Waals surface area contributed by atoms with Crippen LogP contribution in [0.3, 0.4) is 0 Å². The molecule has 0 radical (unpaired) electrons. The second-order valence-electron chi connectivity index (χ2n) is 6.44. The lowest BCUT2D eigenvalue weighted by molar-refractivity contribution is 0.562. The Labute approximate surface area is 172 Å². The minimum absolute atomic E-state index is 0.244. The van der Waals surface area contributed by atoms with Crippen LogP contribution in [0.5, 0.6) is 0 Å². The topological polar surface area (TPSA) is 53.4 Å². The zero-order valence-corrected chi connectivity index (χ0v) is 17.4. The third kappa shape index (κ3) is 6.68. The van der Waals surface area contributed by atoms with Gasteiger partial charge >= 0.3 is 0 Å². The molecule has 1 aromatic heterocycles. The Kier molecular flexibility index (Phi) is 8.76. The van der Waals surface area contributed by atoms with E-state index in [1.807, 2.05) is 49.4 Å². The summed E-state index contributed by atoms with van der Waals surface area (Å²) < 4.78 is 13.0. The first kappa shape index (κ1) is 22.0. The number of anilines is 1. The van der Waals surface area contributed by atoms with Crippen molar-refractivity contribution in [3.8, 4) is 0 Å². The van der Waals surface area contributed by atoms with Crippen molar-refractivity contribution in [3.63, 3.8) is 0 Å². The van der Waals surface area contributed by atoms with Crippen LogP contribution in [0.2, 0.25) is 0 Å². The van der Waals surface area contributed by atoms with Gasteiger partial charge in [0.15, 0.2) is 0 Å². The number of aromatic nitrogens is 2. The number of halogens is 1. The minimum atomic E-state index is -0.244. The van der Waals surface area contributed by atoms with Gasteiger partial charge in [0, 0.05) is 37.6 Å². The highest BCUT2D eigenvalue weighted by Crippen LogP contribution is 2.24. The van der Waals surface area contributed by atoms with Crippen molar-refractivity contribution in [1.29, 1.82) is 0 Å². The summed E-state index contributed by atoms with van der Waals surface area (Å²) in [6.07, 6.45) is 12.3. The fraction of sp³-hybridized carbons (Fsp3) is 0.261. The quantitative estimate of drug-likeness (QED) is 0.737. The predicted molar refractivity (Wildman–Crippen MR) is 119 cm³/mol. The zero-order chi connectivity index (χ0) is 21.1. The zero-order valence-electron chi connectivity index (χ0n) is 17.4. The number of nitrogens with one attached hydrogen (secondary N) is 1. The monoisotopic (exact) mass is 393 g/mol. The molecule has 1 aromatic carbocycles. The molecule has 0 saturated heterocycles. The van der Waals surface area contributed by atoms with Crippen molar-refractivity contribution in [2.45, 2.75) is 33.7 Å². The smallest absolute Gasteiger partial charge is 0.141 e. The molecule has 0 fully saturated rings. The fourth-order valence-corrected chi connectivity index (χ4v) is 2.54. The van der Waals surface area contributed by atoms with Crippen molar-refractivity contribution >= 4 is 17.6 Å².